The predicted octanol–water partition coefficient (Wildman–Crippen LogP) is 2.27. The van der Waals surface area contributed by atoms with Crippen LogP contribution >= 0.6 is 11.6 Å². The third-order valence-electron chi connectivity index (χ3n) is 4.08. The van der Waals surface area contributed by atoms with E-state index >= 15 is 0 Å². The number of phenolic OH excluding ortho intramolecular Hbond substituents is 1. The van der Waals surface area contributed by atoms with Gasteiger partial charge in [0.2, 0.25) is 0 Å². The first-order valence-corrected chi connectivity index (χ1v) is 9.74. The molecule has 10 heteroatoms. The Morgan fingerprint density at radius 1 is 1.10 bits per heavy atom. The van der Waals surface area contributed by atoms with Crippen molar-refractivity contribution in [3.63, 3.8) is 0 Å². The van der Waals surface area contributed by atoms with Gasteiger partial charge in [-0.15, -0.1) is 0 Å². The van der Waals surface area contributed by atoms with E-state index in [9.17, 15) is 14.7 Å². The fraction of sp³-hybridized carbons (Fsp3) is 0.286. The van der Waals surface area contributed by atoms with Gasteiger partial charge in [0.15, 0.2) is 23.0 Å². The van der Waals surface area contributed by atoms with Crippen molar-refractivity contribution in [1.82, 2.24) is 10.7 Å². The Hall–Kier alpha value is -3.46. The Balaban J connectivity index is 1.86. The van der Waals surface area contributed by atoms with E-state index in [1.54, 1.807) is 26.2 Å². The predicted molar refractivity (Wildman–Crippen MR) is 116 cm³/mol. The lowest BCUT2D eigenvalue weighted by molar-refractivity contribution is -0.139. The van der Waals surface area contributed by atoms with E-state index in [1.165, 1.54) is 25.5 Å². The molecule has 166 valence electrons. The number of halogens is 1. The zero-order valence-corrected chi connectivity index (χ0v) is 18.2. The van der Waals surface area contributed by atoms with Crippen molar-refractivity contribution in [2.75, 3.05) is 27.4 Å². The smallest absolute Gasteiger partial charge is 0.329 e. The van der Waals surface area contributed by atoms with Gasteiger partial charge in [0.1, 0.15) is 0 Å². The van der Waals surface area contributed by atoms with Gasteiger partial charge >= 0.3 is 11.8 Å². The summed E-state index contributed by atoms with van der Waals surface area (Å²) < 4.78 is 15.7. The minimum atomic E-state index is -0.918. The number of nitrogens with zero attached hydrogens (tertiary/aromatic N) is 1. The number of carbonyl (C=O) groups is 2. The van der Waals surface area contributed by atoms with E-state index in [0.29, 0.717) is 30.1 Å². The maximum absolute atomic E-state index is 11.9. The average Bonchev–Trinajstić information content (AvgIpc) is 2.76. The van der Waals surface area contributed by atoms with Crippen LogP contribution in [0.1, 0.15) is 18.1 Å². The van der Waals surface area contributed by atoms with E-state index in [1.807, 2.05) is 6.07 Å². The number of phenols is 1. The van der Waals surface area contributed by atoms with Crippen molar-refractivity contribution in [2.24, 2.45) is 5.10 Å². The van der Waals surface area contributed by atoms with Gasteiger partial charge in [-0.25, -0.2) is 5.43 Å². The summed E-state index contributed by atoms with van der Waals surface area (Å²) in [6.45, 7) is 2.35. The number of rotatable bonds is 9. The fourth-order valence-electron chi connectivity index (χ4n) is 2.59. The molecule has 0 aliphatic heterocycles. The molecule has 0 saturated carbocycles. The molecule has 2 rings (SSSR count). The van der Waals surface area contributed by atoms with Crippen molar-refractivity contribution in [1.29, 1.82) is 0 Å². The van der Waals surface area contributed by atoms with Crippen molar-refractivity contribution >= 4 is 29.6 Å². The van der Waals surface area contributed by atoms with E-state index in [0.717, 1.165) is 5.56 Å². The Morgan fingerprint density at radius 3 is 2.52 bits per heavy atom. The number of benzene rings is 2. The molecule has 0 heterocycles. The number of carbonyl (C=O) groups excluding carboxylic acids is 2. The van der Waals surface area contributed by atoms with Crippen LogP contribution in [0.25, 0.3) is 0 Å². The molecule has 2 aromatic rings. The van der Waals surface area contributed by atoms with Crippen LogP contribution in [0.4, 0.5) is 0 Å². The highest BCUT2D eigenvalue weighted by molar-refractivity contribution is 6.35. The molecule has 0 radical (unpaired) electrons. The first-order chi connectivity index (χ1) is 14.9. The van der Waals surface area contributed by atoms with Gasteiger partial charge < -0.3 is 24.6 Å². The molecule has 0 bridgehead atoms. The highest BCUT2D eigenvalue weighted by atomic mass is 35.5. The minimum Gasteiger partial charge on any atom is -0.503 e. The second kappa shape index (κ2) is 11.7. The highest BCUT2D eigenvalue weighted by Gasteiger charge is 2.13. The van der Waals surface area contributed by atoms with Gasteiger partial charge in [-0.1, -0.05) is 17.7 Å². The number of nitrogens with one attached hydrogen (secondary N) is 2. The quantitative estimate of drug-likeness (QED) is 0.307. The molecule has 2 aromatic carbocycles. The van der Waals surface area contributed by atoms with Gasteiger partial charge in [-0.2, -0.15) is 5.10 Å². The standard InChI is InChI=1S/C21H24ClN3O6/c1-4-31-18-11-14(9-15(22)19(18)26)12-24-25-21(28)20(27)23-8-7-13-5-6-16(29-2)17(10-13)30-3/h5-6,9-12,26H,4,7-8H2,1-3H3,(H,23,27)(H,25,28)/b24-12-. The molecule has 0 aromatic heterocycles. The first kappa shape index (κ1) is 23.8. The molecular weight excluding hydrogens is 426 g/mol. The van der Waals surface area contributed by atoms with E-state index in [2.05, 4.69) is 15.8 Å². The number of amides is 2. The topological polar surface area (TPSA) is 118 Å². The van der Waals surface area contributed by atoms with Crippen LogP contribution in [0.3, 0.4) is 0 Å². The fourth-order valence-corrected chi connectivity index (χ4v) is 2.81. The van der Waals surface area contributed by atoms with Gasteiger partial charge in [-0.05, 0) is 48.7 Å². The molecule has 0 unspecified atom stereocenters. The summed E-state index contributed by atoms with van der Waals surface area (Å²) in [7, 11) is 3.09. The summed E-state index contributed by atoms with van der Waals surface area (Å²) in [4.78, 5) is 23.8. The maximum Gasteiger partial charge on any atom is 0.329 e. The molecular formula is C21H24ClN3O6. The van der Waals surface area contributed by atoms with E-state index in [-0.39, 0.29) is 23.1 Å². The Morgan fingerprint density at radius 2 is 1.84 bits per heavy atom. The second-order valence-electron chi connectivity index (χ2n) is 6.18. The normalized spacial score (nSPS) is 10.6. The summed E-state index contributed by atoms with van der Waals surface area (Å²) in [5, 5.41) is 16.1. The van der Waals surface area contributed by atoms with Gasteiger partial charge in [-0.3, -0.25) is 9.59 Å². The maximum atomic E-state index is 11.9. The Bertz CT molecular complexity index is 964. The molecule has 9 nitrogen and oxygen atoms in total. The second-order valence-corrected chi connectivity index (χ2v) is 6.58. The molecule has 0 saturated heterocycles. The van der Waals surface area contributed by atoms with Crippen molar-refractivity contribution < 1.29 is 28.9 Å². The van der Waals surface area contributed by atoms with Crippen LogP contribution < -0.4 is 25.0 Å². The van der Waals surface area contributed by atoms with Crippen LogP contribution in [0.15, 0.2) is 35.4 Å². The molecule has 0 aliphatic carbocycles. The summed E-state index contributed by atoms with van der Waals surface area (Å²) in [5.74, 6) is -0.542. The summed E-state index contributed by atoms with van der Waals surface area (Å²) >= 11 is 5.93. The Labute approximate surface area is 184 Å². The molecule has 0 fully saturated rings. The highest BCUT2D eigenvalue weighted by Crippen LogP contribution is 2.34. The average molecular weight is 450 g/mol. The third-order valence-corrected chi connectivity index (χ3v) is 4.37. The van der Waals surface area contributed by atoms with E-state index in [4.69, 9.17) is 25.8 Å². The molecule has 0 spiro atoms. The molecule has 0 atom stereocenters. The van der Waals surface area contributed by atoms with Gasteiger partial charge in [0.25, 0.3) is 0 Å². The van der Waals surface area contributed by atoms with Crippen molar-refractivity contribution in [3.05, 3.63) is 46.5 Å². The molecule has 2 amide bonds. The molecule has 3 N–H and O–H groups in total. The monoisotopic (exact) mass is 449 g/mol. The number of ether oxygens (including phenoxy) is 3. The first-order valence-electron chi connectivity index (χ1n) is 9.37. The third kappa shape index (κ3) is 6.78. The number of hydrogen-bond acceptors (Lipinski definition) is 7. The largest absolute Gasteiger partial charge is 0.503 e. The minimum absolute atomic E-state index is 0.0756. The van der Waals surface area contributed by atoms with Crippen LogP contribution in [-0.2, 0) is 16.0 Å². The number of methoxy groups -OCH3 is 2. The van der Waals surface area contributed by atoms with Crippen molar-refractivity contribution in [2.45, 2.75) is 13.3 Å². The lowest BCUT2D eigenvalue weighted by atomic mass is 10.1. The lowest BCUT2D eigenvalue weighted by Gasteiger charge is -2.10. The number of hydrogen-bond donors (Lipinski definition) is 3. The number of hydrazone groups is 1. The van der Waals surface area contributed by atoms with Gasteiger partial charge in [0, 0.05) is 6.54 Å². The summed E-state index contributed by atoms with van der Waals surface area (Å²) in [6, 6.07) is 8.36. The van der Waals surface area contributed by atoms with Crippen LogP contribution in [0.5, 0.6) is 23.0 Å². The van der Waals surface area contributed by atoms with Crippen LogP contribution in [0, 0.1) is 0 Å². The van der Waals surface area contributed by atoms with Crippen LogP contribution in [0.2, 0.25) is 5.02 Å². The zero-order valence-electron chi connectivity index (χ0n) is 17.4. The number of aromatic hydroxyl groups is 1. The van der Waals surface area contributed by atoms with Crippen molar-refractivity contribution in [3.8, 4) is 23.0 Å². The Kier molecular flexibility index (Phi) is 8.95. The molecule has 31 heavy (non-hydrogen) atoms. The summed E-state index contributed by atoms with van der Waals surface area (Å²) in [6.07, 6.45) is 1.78. The SMILES string of the molecule is CCOc1cc(/C=N\NC(=O)C(=O)NCCc2ccc(OC)c(OC)c2)cc(Cl)c1O. The van der Waals surface area contributed by atoms with Gasteiger partial charge in [0.05, 0.1) is 32.1 Å². The van der Waals surface area contributed by atoms with E-state index < -0.39 is 11.8 Å². The summed E-state index contributed by atoms with van der Waals surface area (Å²) in [5.41, 5.74) is 3.51. The van der Waals surface area contributed by atoms with Crippen LogP contribution in [-0.4, -0.2) is 50.5 Å². The molecule has 0 aliphatic rings. The zero-order chi connectivity index (χ0) is 22.8. The lowest BCUT2D eigenvalue weighted by Crippen LogP contribution is -2.38.